The standard InChI is InChI=1S/C55H101NO5/c1-5-7-9-41-50-59-51-42-37-33-29-25-21-17-12-11-14-18-22-26-30-34-38-45-53(61-55(58)48-44-49-56(3)4)46-39-35-31-27-23-19-15-13-16-20-24-28-32-36-40-47-54(57)60-52-43-10-8-6-2/h9-13,16,41,43,53H,5-8,14-15,17-40,42,44-52H2,1-4H3/b12-11-,16-13-,41-9-,43-10-. The highest BCUT2D eigenvalue weighted by molar-refractivity contribution is 5.69. The van der Waals surface area contributed by atoms with Gasteiger partial charge < -0.3 is 19.1 Å². The number of unbranched alkanes of at least 4 members (excludes halogenated alkanes) is 25. The molecule has 0 aromatic carbocycles. The maximum absolute atomic E-state index is 12.6. The van der Waals surface area contributed by atoms with Crippen molar-refractivity contribution in [3.05, 3.63) is 48.6 Å². The average molecular weight is 856 g/mol. The van der Waals surface area contributed by atoms with E-state index in [2.05, 4.69) is 75.4 Å². The summed E-state index contributed by atoms with van der Waals surface area (Å²) in [4.78, 5) is 26.5. The monoisotopic (exact) mass is 856 g/mol. The van der Waals surface area contributed by atoms with Crippen molar-refractivity contribution in [1.82, 2.24) is 4.90 Å². The first-order valence-corrected chi connectivity index (χ1v) is 26.2. The van der Waals surface area contributed by atoms with E-state index < -0.39 is 0 Å². The largest absolute Gasteiger partial charge is 0.462 e. The van der Waals surface area contributed by atoms with Gasteiger partial charge in [-0.2, -0.15) is 0 Å². The Balaban J connectivity index is 3.87. The summed E-state index contributed by atoms with van der Waals surface area (Å²) in [6.45, 7) is 7.38. The quantitative estimate of drug-likeness (QED) is 0.0345. The molecule has 0 fully saturated rings. The molecule has 0 aliphatic carbocycles. The summed E-state index contributed by atoms with van der Waals surface area (Å²) in [6.07, 6.45) is 60.2. The molecule has 0 saturated carbocycles. The molecule has 0 aliphatic rings. The van der Waals surface area contributed by atoms with Crippen LogP contribution < -0.4 is 0 Å². The van der Waals surface area contributed by atoms with Gasteiger partial charge in [0, 0.05) is 19.4 Å². The molecule has 0 heterocycles. The number of hydrogen-bond donors (Lipinski definition) is 0. The molecular weight excluding hydrogens is 755 g/mol. The lowest BCUT2D eigenvalue weighted by atomic mass is 10.0. The van der Waals surface area contributed by atoms with Crippen LogP contribution in [0.3, 0.4) is 0 Å². The van der Waals surface area contributed by atoms with Gasteiger partial charge in [-0.15, -0.1) is 0 Å². The molecule has 0 N–H and O–H groups in total. The Morgan fingerprint density at radius 3 is 1.30 bits per heavy atom. The number of nitrogens with zero attached hydrogens (tertiary/aromatic N) is 1. The Bertz CT molecular complexity index is 1030. The van der Waals surface area contributed by atoms with Gasteiger partial charge in [0.15, 0.2) is 0 Å². The molecule has 0 spiro atoms. The van der Waals surface area contributed by atoms with Crippen LogP contribution in [0.25, 0.3) is 0 Å². The van der Waals surface area contributed by atoms with Crippen molar-refractivity contribution in [3.8, 4) is 0 Å². The molecule has 6 nitrogen and oxygen atoms in total. The summed E-state index contributed by atoms with van der Waals surface area (Å²) in [6, 6.07) is 0. The number of carbonyl (C=O) groups is 2. The lowest BCUT2D eigenvalue weighted by molar-refractivity contribution is -0.150. The molecule has 356 valence electrons. The van der Waals surface area contributed by atoms with Crippen LogP contribution in [0.15, 0.2) is 48.6 Å². The zero-order valence-corrected chi connectivity index (χ0v) is 41.0. The van der Waals surface area contributed by atoms with Gasteiger partial charge in [-0.1, -0.05) is 172 Å². The Morgan fingerprint density at radius 1 is 0.426 bits per heavy atom. The van der Waals surface area contributed by atoms with Gasteiger partial charge in [0.1, 0.15) is 12.7 Å². The van der Waals surface area contributed by atoms with Crippen LogP contribution in [-0.2, 0) is 23.8 Å². The van der Waals surface area contributed by atoms with Crippen molar-refractivity contribution in [2.24, 2.45) is 0 Å². The van der Waals surface area contributed by atoms with E-state index >= 15 is 0 Å². The van der Waals surface area contributed by atoms with Crippen LogP contribution in [0.2, 0.25) is 0 Å². The Morgan fingerprint density at radius 2 is 0.820 bits per heavy atom. The molecule has 1 atom stereocenters. The second-order valence-corrected chi connectivity index (χ2v) is 17.9. The van der Waals surface area contributed by atoms with Crippen LogP contribution >= 0.6 is 0 Å². The lowest BCUT2D eigenvalue weighted by Gasteiger charge is -2.18. The van der Waals surface area contributed by atoms with Gasteiger partial charge in [0.05, 0.1) is 6.61 Å². The van der Waals surface area contributed by atoms with E-state index in [9.17, 15) is 9.59 Å². The second kappa shape index (κ2) is 50.5. The summed E-state index contributed by atoms with van der Waals surface area (Å²) in [5.41, 5.74) is 0. The van der Waals surface area contributed by atoms with Crippen molar-refractivity contribution in [2.75, 3.05) is 40.5 Å². The number of allylic oxidation sites excluding steroid dienone is 6. The zero-order valence-electron chi connectivity index (χ0n) is 41.0. The van der Waals surface area contributed by atoms with E-state index in [1.807, 2.05) is 6.08 Å². The topological polar surface area (TPSA) is 65.1 Å². The summed E-state index contributed by atoms with van der Waals surface area (Å²) in [5.74, 6) is -0.0679. The SMILES string of the molecule is CCC/C=C\COCCCCCCCC/C=C\CCCCCCCCC(CCCCCCCC/C=C\CCCCCCCC(=O)OC/C=C\CCC)OC(=O)CCCN(C)C. The minimum Gasteiger partial charge on any atom is -0.462 e. The molecular formula is C55H101NO5. The van der Waals surface area contributed by atoms with Crippen molar-refractivity contribution >= 4 is 11.9 Å². The molecule has 61 heavy (non-hydrogen) atoms. The molecule has 1 unspecified atom stereocenters. The van der Waals surface area contributed by atoms with Gasteiger partial charge in [-0.3, -0.25) is 9.59 Å². The highest BCUT2D eigenvalue weighted by atomic mass is 16.5. The Kier molecular flexibility index (Phi) is 48.7. The van der Waals surface area contributed by atoms with Crippen LogP contribution in [0, 0.1) is 0 Å². The maximum Gasteiger partial charge on any atom is 0.306 e. The molecule has 0 aliphatic heterocycles. The van der Waals surface area contributed by atoms with Gasteiger partial charge in [-0.05, 0) is 130 Å². The second-order valence-electron chi connectivity index (χ2n) is 17.9. The van der Waals surface area contributed by atoms with Crippen LogP contribution in [0.1, 0.15) is 245 Å². The molecule has 0 radical (unpaired) electrons. The number of carbonyl (C=O) groups excluding carboxylic acids is 2. The molecule has 0 aromatic rings. The zero-order chi connectivity index (χ0) is 44.4. The molecule has 0 rings (SSSR count). The fourth-order valence-electron chi connectivity index (χ4n) is 7.51. The number of hydrogen-bond acceptors (Lipinski definition) is 6. The highest BCUT2D eigenvalue weighted by Gasteiger charge is 2.14. The molecule has 0 saturated heterocycles. The first kappa shape index (κ1) is 58.8. The minimum absolute atomic E-state index is 0.00343. The van der Waals surface area contributed by atoms with E-state index in [1.165, 1.54) is 161 Å². The van der Waals surface area contributed by atoms with Crippen molar-refractivity contribution in [1.29, 1.82) is 0 Å². The smallest absolute Gasteiger partial charge is 0.306 e. The summed E-state index contributed by atoms with van der Waals surface area (Å²) in [7, 11) is 4.12. The number of ether oxygens (including phenoxy) is 3. The van der Waals surface area contributed by atoms with E-state index in [4.69, 9.17) is 14.2 Å². The van der Waals surface area contributed by atoms with Crippen LogP contribution in [-0.4, -0.2) is 63.4 Å². The van der Waals surface area contributed by atoms with Gasteiger partial charge in [0.25, 0.3) is 0 Å². The molecule has 0 amide bonds. The van der Waals surface area contributed by atoms with Gasteiger partial charge in [-0.25, -0.2) is 0 Å². The van der Waals surface area contributed by atoms with Crippen LogP contribution in [0.5, 0.6) is 0 Å². The third kappa shape index (κ3) is 50.3. The first-order chi connectivity index (χ1) is 30.0. The van der Waals surface area contributed by atoms with E-state index in [-0.39, 0.29) is 18.0 Å². The van der Waals surface area contributed by atoms with E-state index in [1.54, 1.807) is 0 Å². The molecule has 0 bridgehead atoms. The predicted octanol–water partition coefficient (Wildman–Crippen LogP) is 16.3. The third-order valence-electron chi connectivity index (χ3n) is 11.4. The maximum atomic E-state index is 12.6. The third-order valence-corrected chi connectivity index (χ3v) is 11.4. The molecule has 6 heteroatoms. The fraction of sp³-hybridized carbons (Fsp3) is 0.818. The Hall–Kier alpha value is -2.18. The summed E-state index contributed by atoms with van der Waals surface area (Å²) < 4.78 is 17.0. The number of rotatable bonds is 48. The van der Waals surface area contributed by atoms with E-state index in [0.717, 1.165) is 77.5 Å². The molecule has 0 aromatic heterocycles. The highest BCUT2D eigenvalue weighted by Crippen LogP contribution is 2.19. The Labute approximate surface area is 379 Å². The predicted molar refractivity (Wildman–Crippen MR) is 264 cm³/mol. The van der Waals surface area contributed by atoms with Crippen molar-refractivity contribution in [2.45, 2.75) is 251 Å². The normalized spacial score (nSPS) is 12.6. The average Bonchev–Trinajstić information content (AvgIpc) is 3.24. The summed E-state index contributed by atoms with van der Waals surface area (Å²) >= 11 is 0. The summed E-state index contributed by atoms with van der Waals surface area (Å²) in [5, 5.41) is 0. The van der Waals surface area contributed by atoms with Gasteiger partial charge >= 0.3 is 11.9 Å². The minimum atomic E-state index is -0.0645. The van der Waals surface area contributed by atoms with Crippen molar-refractivity contribution < 1.29 is 23.8 Å². The van der Waals surface area contributed by atoms with Crippen molar-refractivity contribution in [3.63, 3.8) is 0 Å². The van der Waals surface area contributed by atoms with E-state index in [0.29, 0.717) is 19.4 Å². The van der Waals surface area contributed by atoms with Crippen LogP contribution in [0.4, 0.5) is 0 Å². The lowest BCUT2D eigenvalue weighted by Crippen LogP contribution is -2.20. The van der Waals surface area contributed by atoms with Gasteiger partial charge in [0.2, 0.25) is 0 Å². The number of esters is 2. The first-order valence-electron chi connectivity index (χ1n) is 26.2. The fourth-order valence-corrected chi connectivity index (χ4v) is 7.51.